The van der Waals surface area contributed by atoms with Gasteiger partial charge in [-0.2, -0.15) is 0 Å². The molecule has 2 rings (SSSR count). The number of anilines is 1. The second-order valence-corrected chi connectivity index (χ2v) is 6.73. The molecule has 0 saturated heterocycles. The van der Waals surface area contributed by atoms with Crippen LogP contribution >= 0.6 is 23.1 Å². The van der Waals surface area contributed by atoms with Gasteiger partial charge in [-0.1, -0.05) is 18.2 Å². The van der Waals surface area contributed by atoms with Crippen molar-refractivity contribution >= 4 is 40.7 Å². The fraction of sp³-hybridized carbons (Fsp3) is 0.294. The fourth-order valence-corrected chi connectivity index (χ4v) is 3.52. The summed E-state index contributed by atoms with van der Waals surface area (Å²) in [4.78, 5) is 24.7. The summed E-state index contributed by atoms with van der Waals surface area (Å²) in [6, 6.07) is 11.1. The molecule has 0 spiro atoms. The van der Waals surface area contributed by atoms with Crippen LogP contribution in [0.5, 0.6) is 5.75 Å². The number of carbonyl (C=O) groups excluding carboxylic acids is 2. The number of hydrogen-bond acceptors (Lipinski definition) is 6. The number of benzene rings is 1. The zero-order valence-corrected chi connectivity index (χ0v) is 15.0. The molecule has 1 aromatic carbocycles. The van der Waals surface area contributed by atoms with Crippen LogP contribution in [0.4, 0.5) is 5.69 Å². The molecular weight excluding hydrogens is 346 g/mol. The van der Waals surface area contributed by atoms with E-state index < -0.39 is 11.9 Å². The van der Waals surface area contributed by atoms with Gasteiger partial charge in [0.2, 0.25) is 0 Å². The minimum absolute atomic E-state index is 0.223. The van der Waals surface area contributed by atoms with Crippen molar-refractivity contribution < 1.29 is 19.1 Å². The van der Waals surface area contributed by atoms with Crippen molar-refractivity contribution in [1.82, 2.24) is 0 Å². The standard InChI is InChI=1S/C17H19NO4S2/c1-2-21-15-8-4-3-7-14(15)18-16(19)10-22-17(20)12-23-11-13-6-5-9-24-13/h3-9H,2,10-12H2,1H3,(H,18,19). The molecule has 0 aliphatic heterocycles. The number of esters is 1. The van der Waals surface area contributed by atoms with Gasteiger partial charge in [-0.15, -0.1) is 23.1 Å². The van der Waals surface area contributed by atoms with Crippen LogP contribution < -0.4 is 10.1 Å². The Labute approximate surface area is 149 Å². The van der Waals surface area contributed by atoms with Crippen molar-refractivity contribution in [3.8, 4) is 5.75 Å². The lowest BCUT2D eigenvalue weighted by atomic mass is 10.3. The Morgan fingerprint density at radius 2 is 2.04 bits per heavy atom. The third kappa shape index (κ3) is 6.25. The summed E-state index contributed by atoms with van der Waals surface area (Å²) in [5.74, 6) is 0.788. The predicted molar refractivity (Wildman–Crippen MR) is 97.7 cm³/mol. The minimum atomic E-state index is -0.398. The van der Waals surface area contributed by atoms with Crippen LogP contribution in [0, 0.1) is 0 Å². The van der Waals surface area contributed by atoms with E-state index in [4.69, 9.17) is 9.47 Å². The first kappa shape index (κ1) is 18.4. The van der Waals surface area contributed by atoms with Crippen LogP contribution in [-0.2, 0) is 20.1 Å². The van der Waals surface area contributed by atoms with E-state index in [9.17, 15) is 9.59 Å². The number of thioether (sulfide) groups is 1. The van der Waals surface area contributed by atoms with Gasteiger partial charge < -0.3 is 14.8 Å². The first-order valence-electron chi connectivity index (χ1n) is 7.46. The first-order valence-corrected chi connectivity index (χ1v) is 9.50. The van der Waals surface area contributed by atoms with Crippen molar-refractivity contribution in [3.05, 3.63) is 46.7 Å². The quantitative estimate of drug-likeness (QED) is 0.688. The monoisotopic (exact) mass is 365 g/mol. The van der Waals surface area contributed by atoms with E-state index in [1.54, 1.807) is 29.5 Å². The van der Waals surface area contributed by atoms with Crippen LogP contribution in [0.25, 0.3) is 0 Å². The van der Waals surface area contributed by atoms with Gasteiger partial charge >= 0.3 is 5.97 Å². The second kappa shape index (κ2) is 10.00. The van der Waals surface area contributed by atoms with Gasteiger partial charge in [0.25, 0.3) is 5.91 Å². The summed E-state index contributed by atoms with van der Waals surface area (Å²) in [6.07, 6.45) is 0. The van der Waals surface area contributed by atoms with Gasteiger partial charge in [0, 0.05) is 10.6 Å². The highest BCUT2D eigenvalue weighted by atomic mass is 32.2. The Hall–Kier alpha value is -1.99. The predicted octanol–water partition coefficient (Wildman–Crippen LogP) is 3.56. The van der Waals surface area contributed by atoms with Crippen LogP contribution in [-0.4, -0.2) is 30.8 Å². The lowest BCUT2D eigenvalue weighted by Crippen LogP contribution is -2.22. The Morgan fingerprint density at radius 1 is 1.21 bits per heavy atom. The van der Waals surface area contributed by atoms with E-state index in [2.05, 4.69) is 5.32 Å². The molecule has 2 aromatic rings. The number of ether oxygens (including phenoxy) is 2. The summed E-state index contributed by atoms with van der Waals surface area (Å²) in [6.45, 7) is 2.07. The maximum absolute atomic E-state index is 11.9. The number of hydrogen-bond donors (Lipinski definition) is 1. The van der Waals surface area contributed by atoms with E-state index >= 15 is 0 Å². The van der Waals surface area contributed by atoms with Crippen LogP contribution in [0.3, 0.4) is 0 Å². The molecule has 1 heterocycles. The number of para-hydroxylation sites is 2. The minimum Gasteiger partial charge on any atom is -0.492 e. The van der Waals surface area contributed by atoms with Gasteiger partial charge in [0.05, 0.1) is 18.0 Å². The van der Waals surface area contributed by atoms with Crippen molar-refractivity contribution in [2.75, 3.05) is 24.3 Å². The molecule has 0 radical (unpaired) electrons. The van der Waals surface area contributed by atoms with Crippen molar-refractivity contribution in [2.45, 2.75) is 12.7 Å². The molecule has 0 saturated carbocycles. The maximum Gasteiger partial charge on any atom is 0.316 e. The Balaban J connectivity index is 1.69. The normalized spacial score (nSPS) is 10.2. The van der Waals surface area contributed by atoms with E-state index in [1.807, 2.05) is 30.5 Å². The molecule has 0 aliphatic carbocycles. The number of thiophene rings is 1. The Kier molecular flexibility index (Phi) is 7.64. The largest absolute Gasteiger partial charge is 0.492 e. The molecule has 7 heteroatoms. The van der Waals surface area contributed by atoms with Gasteiger partial charge in [-0.05, 0) is 30.5 Å². The number of carbonyl (C=O) groups is 2. The number of amides is 1. The summed E-state index contributed by atoms with van der Waals surface area (Å²) >= 11 is 3.12. The first-order chi connectivity index (χ1) is 11.7. The molecule has 0 bridgehead atoms. The highest BCUT2D eigenvalue weighted by Crippen LogP contribution is 2.23. The average molecular weight is 365 g/mol. The maximum atomic E-state index is 11.9. The Morgan fingerprint density at radius 3 is 2.79 bits per heavy atom. The highest BCUT2D eigenvalue weighted by molar-refractivity contribution is 7.99. The smallest absolute Gasteiger partial charge is 0.316 e. The molecular formula is C17H19NO4S2. The highest BCUT2D eigenvalue weighted by Gasteiger charge is 2.10. The molecule has 128 valence electrons. The van der Waals surface area contributed by atoms with Crippen LogP contribution in [0.15, 0.2) is 41.8 Å². The molecule has 0 fully saturated rings. The summed E-state index contributed by atoms with van der Waals surface area (Å²) in [5.41, 5.74) is 0.562. The van der Waals surface area contributed by atoms with Gasteiger partial charge in [0.15, 0.2) is 6.61 Å². The Bertz CT molecular complexity index is 658. The van der Waals surface area contributed by atoms with E-state index in [0.29, 0.717) is 18.0 Å². The lowest BCUT2D eigenvalue weighted by Gasteiger charge is -2.11. The van der Waals surface area contributed by atoms with Crippen molar-refractivity contribution in [1.29, 1.82) is 0 Å². The molecule has 0 aliphatic rings. The lowest BCUT2D eigenvalue weighted by molar-refractivity contribution is -0.144. The molecule has 1 aromatic heterocycles. The number of rotatable bonds is 9. The SMILES string of the molecule is CCOc1ccccc1NC(=O)COC(=O)CSCc1cccs1. The number of nitrogens with one attached hydrogen (secondary N) is 1. The third-order valence-electron chi connectivity index (χ3n) is 2.87. The summed E-state index contributed by atoms with van der Waals surface area (Å²) in [5, 5.41) is 4.68. The van der Waals surface area contributed by atoms with Gasteiger partial charge in [-0.3, -0.25) is 9.59 Å². The molecule has 0 unspecified atom stereocenters. The summed E-state index contributed by atoms with van der Waals surface area (Å²) in [7, 11) is 0. The second-order valence-electron chi connectivity index (χ2n) is 4.71. The van der Waals surface area contributed by atoms with Gasteiger partial charge in [0.1, 0.15) is 5.75 Å². The fourth-order valence-electron chi connectivity index (χ4n) is 1.85. The molecule has 24 heavy (non-hydrogen) atoms. The zero-order chi connectivity index (χ0) is 17.2. The zero-order valence-electron chi connectivity index (χ0n) is 13.3. The van der Waals surface area contributed by atoms with Crippen LogP contribution in [0.1, 0.15) is 11.8 Å². The van der Waals surface area contributed by atoms with Crippen molar-refractivity contribution in [2.24, 2.45) is 0 Å². The molecule has 0 atom stereocenters. The third-order valence-corrected chi connectivity index (χ3v) is 4.88. The molecule has 1 N–H and O–H groups in total. The van der Waals surface area contributed by atoms with Crippen LogP contribution in [0.2, 0.25) is 0 Å². The van der Waals surface area contributed by atoms with E-state index in [0.717, 1.165) is 5.75 Å². The summed E-state index contributed by atoms with van der Waals surface area (Å²) < 4.78 is 10.4. The van der Waals surface area contributed by atoms with Crippen molar-refractivity contribution in [3.63, 3.8) is 0 Å². The van der Waals surface area contributed by atoms with E-state index in [-0.39, 0.29) is 12.4 Å². The average Bonchev–Trinajstić information content (AvgIpc) is 3.08. The molecule has 1 amide bonds. The van der Waals surface area contributed by atoms with Gasteiger partial charge in [-0.25, -0.2) is 0 Å². The van der Waals surface area contributed by atoms with E-state index in [1.165, 1.54) is 16.6 Å². The molecule has 5 nitrogen and oxygen atoms in total. The topological polar surface area (TPSA) is 64.6 Å².